The molecule has 1 aromatic carbocycles. The minimum Gasteiger partial charge on any atom is -0.375 e. The standard InChI is InChI=1S/C8H12N2O2/c9-7(11)5-2-1-3-6(4-5)8(10)12/h1-4,7-8,11-12H,9-10H2. The van der Waals surface area contributed by atoms with Crippen LogP contribution < -0.4 is 11.5 Å². The molecule has 1 rings (SSSR count). The van der Waals surface area contributed by atoms with E-state index in [2.05, 4.69) is 0 Å². The topological polar surface area (TPSA) is 92.5 Å². The van der Waals surface area contributed by atoms with Gasteiger partial charge in [-0.3, -0.25) is 0 Å². The van der Waals surface area contributed by atoms with Crippen molar-refractivity contribution >= 4 is 0 Å². The Morgan fingerprint density at radius 2 is 1.42 bits per heavy atom. The Morgan fingerprint density at radius 3 is 1.75 bits per heavy atom. The van der Waals surface area contributed by atoms with E-state index in [1.165, 1.54) is 0 Å². The van der Waals surface area contributed by atoms with Crippen LogP contribution in [0.5, 0.6) is 0 Å². The molecule has 0 aromatic heterocycles. The smallest absolute Gasteiger partial charge is 0.128 e. The van der Waals surface area contributed by atoms with Gasteiger partial charge in [0.25, 0.3) is 0 Å². The molecule has 0 bridgehead atoms. The highest BCUT2D eigenvalue weighted by Crippen LogP contribution is 2.13. The maximum Gasteiger partial charge on any atom is 0.128 e. The molecular formula is C8H12N2O2. The van der Waals surface area contributed by atoms with Crippen LogP contribution in [0.3, 0.4) is 0 Å². The van der Waals surface area contributed by atoms with Crippen LogP contribution in [0.1, 0.15) is 23.6 Å². The van der Waals surface area contributed by atoms with E-state index in [4.69, 9.17) is 21.7 Å². The molecule has 0 fully saturated rings. The first-order valence-corrected chi connectivity index (χ1v) is 3.58. The maximum absolute atomic E-state index is 8.99. The van der Waals surface area contributed by atoms with Crippen LogP contribution in [0.2, 0.25) is 0 Å². The number of hydrogen-bond acceptors (Lipinski definition) is 4. The van der Waals surface area contributed by atoms with Gasteiger partial charge in [0, 0.05) is 0 Å². The third-order valence-corrected chi connectivity index (χ3v) is 1.59. The molecule has 0 spiro atoms. The van der Waals surface area contributed by atoms with Crippen LogP contribution in [0.4, 0.5) is 0 Å². The molecule has 4 heteroatoms. The van der Waals surface area contributed by atoms with Gasteiger partial charge in [-0.1, -0.05) is 18.2 Å². The summed E-state index contributed by atoms with van der Waals surface area (Å²) in [5.41, 5.74) is 11.5. The number of rotatable bonds is 2. The zero-order chi connectivity index (χ0) is 9.14. The lowest BCUT2D eigenvalue weighted by atomic mass is 10.1. The van der Waals surface area contributed by atoms with Crippen LogP contribution in [-0.4, -0.2) is 10.2 Å². The van der Waals surface area contributed by atoms with Crippen molar-refractivity contribution in [1.82, 2.24) is 0 Å². The molecule has 0 radical (unpaired) electrons. The van der Waals surface area contributed by atoms with Gasteiger partial charge >= 0.3 is 0 Å². The fraction of sp³-hybridized carbons (Fsp3) is 0.250. The summed E-state index contributed by atoms with van der Waals surface area (Å²) in [6, 6.07) is 6.57. The molecule has 0 saturated carbocycles. The predicted octanol–water partition coefficient (Wildman–Crippen LogP) is -0.414. The number of hydrogen-bond donors (Lipinski definition) is 4. The summed E-state index contributed by atoms with van der Waals surface area (Å²) in [5, 5.41) is 18.0. The van der Waals surface area contributed by atoms with E-state index in [0.717, 1.165) is 0 Å². The number of nitrogens with two attached hydrogens (primary N) is 2. The minimum absolute atomic E-state index is 0.539. The Hall–Kier alpha value is -0.940. The van der Waals surface area contributed by atoms with Crippen molar-refractivity contribution in [3.63, 3.8) is 0 Å². The largest absolute Gasteiger partial charge is 0.375 e. The van der Waals surface area contributed by atoms with Gasteiger partial charge in [-0.25, -0.2) is 0 Å². The highest BCUT2D eigenvalue weighted by Gasteiger charge is 2.04. The number of aliphatic hydroxyl groups is 2. The van der Waals surface area contributed by atoms with Crippen molar-refractivity contribution in [2.24, 2.45) is 11.5 Å². The van der Waals surface area contributed by atoms with E-state index in [9.17, 15) is 0 Å². The Labute approximate surface area is 70.4 Å². The first-order valence-electron chi connectivity index (χ1n) is 3.58. The summed E-state index contributed by atoms with van der Waals surface area (Å²) in [6.07, 6.45) is -2.05. The van der Waals surface area contributed by atoms with E-state index >= 15 is 0 Å². The highest BCUT2D eigenvalue weighted by atomic mass is 16.3. The van der Waals surface area contributed by atoms with Gasteiger partial charge in [-0.15, -0.1) is 0 Å². The molecule has 2 atom stereocenters. The van der Waals surface area contributed by atoms with Crippen molar-refractivity contribution in [2.75, 3.05) is 0 Å². The van der Waals surface area contributed by atoms with Crippen molar-refractivity contribution < 1.29 is 10.2 Å². The molecule has 66 valence electrons. The summed E-state index contributed by atoms with van der Waals surface area (Å²) in [4.78, 5) is 0. The molecule has 2 unspecified atom stereocenters. The molecule has 1 aromatic rings. The van der Waals surface area contributed by atoms with Crippen molar-refractivity contribution in [3.8, 4) is 0 Å². The summed E-state index contributed by atoms with van der Waals surface area (Å²) < 4.78 is 0. The quantitative estimate of drug-likeness (QED) is 0.451. The van der Waals surface area contributed by atoms with Gasteiger partial charge in [0.15, 0.2) is 0 Å². The van der Waals surface area contributed by atoms with Gasteiger partial charge in [0.05, 0.1) is 0 Å². The van der Waals surface area contributed by atoms with Gasteiger partial charge < -0.3 is 21.7 Å². The molecule has 6 N–H and O–H groups in total. The van der Waals surface area contributed by atoms with E-state index in [0.29, 0.717) is 11.1 Å². The lowest BCUT2D eigenvalue weighted by Crippen LogP contribution is -2.12. The lowest BCUT2D eigenvalue weighted by Gasteiger charge is -2.08. The normalized spacial score (nSPS) is 15.7. The number of aliphatic hydroxyl groups excluding tert-OH is 2. The fourth-order valence-corrected chi connectivity index (χ4v) is 0.927. The molecular weight excluding hydrogens is 156 g/mol. The first-order chi connectivity index (χ1) is 5.61. The fourth-order valence-electron chi connectivity index (χ4n) is 0.927. The van der Waals surface area contributed by atoms with Gasteiger partial charge in [-0.05, 0) is 17.2 Å². The Balaban J connectivity index is 2.96. The third kappa shape index (κ3) is 2.02. The molecule has 12 heavy (non-hydrogen) atoms. The SMILES string of the molecule is NC(O)c1cccc(C(N)O)c1. The second-order valence-corrected chi connectivity index (χ2v) is 2.56. The zero-order valence-electron chi connectivity index (χ0n) is 6.51. The summed E-state index contributed by atoms with van der Waals surface area (Å²) in [6.45, 7) is 0. The molecule has 0 aliphatic carbocycles. The van der Waals surface area contributed by atoms with Crippen LogP contribution in [0, 0.1) is 0 Å². The van der Waals surface area contributed by atoms with Crippen molar-refractivity contribution in [3.05, 3.63) is 35.4 Å². The molecule has 0 aliphatic rings. The summed E-state index contributed by atoms with van der Waals surface area (Å²) in [5.74, 6) is 0. The van der Waals surface area contributed by atoms with E-state index < -0.39 is 12.5 Å². The third-order valence-electron chi connectivity index (χ3n) is 1.59. The van der Waals surface area contributed by atoms with E-state index in [1.54, 1.807) is 24.3 Å². The van der Waals surface area contributed by atoms with Crippen LogP contribution in [-0.2, 0) is 0 Å². The van der Waals surface area contributed by atoms with Crippen LogP contribution in [0.15, 0.2) is 24.3 Å². The second-order valence-electron chi connectivity index (χ2n) is 2.56. The van der Waals surface area contributed by atoms with Gasteiger partial charge in [0.1, 0.15) is 12.5 Å². The molecule has 0 saturated heterocycles. The average molecular weight is 168 g/mol. The van der Waals surface area contributed by atoms with Crippen molar-refractivity contribution in [1.29, 1.82) is 0 Å². The van der Waals surface area contributed by atoms with Crippen molar-refractivity contribution in [2.45, 2.75) is 12.5 Å². The summed E-state index contributed by atoms with van der Waals surface area (Å²) in [7, 11) is 0. The highest BCUT2D eigenvalue weighted by molar-refractivity contribution is 5.25. The molecule has 0 heterocycles. The van der Waals surface area contributed by atoms with Crippen LogP contribution >= 0.6 is 0 Å². The number of benzene rings is 1. The van der Waals surface area contributed by atoms with Crippen LogP contribution in [0.25, 0.3) is 0 Å². The Morgan fingerprint density at radius 1 is 1.00 bits per heavy atom. The lowest BCUT2D eigenvalue weighted by molar-refractivity contribution is 0.179. The summed E-state index contributed by atoms with van der Waals surface area (Å²) >= 11 is 0. The molecule has 0 amide bonds. The van der Waals surface area contributed by atoms with Gasteiger partial charge in [0.2, 0.25) is 0 Å². The molecule has 0 aliphatic heterocycles. The second kappa shape index (κ2) is 3.64. The first kappa shape index (κ1) is 9.15. The average Bonchev–Trinajstić information content (AvgIpc) is 2.04. The Kier molecular flexibility index (Phi) is 2.78. The van der Waals surface area contributed by atoms with Gasteiger partial charge in [-0.2, -0.15) is 0 Å². The van der Waals surface area contributed by atoms with E-state index in [1.807, 2.05) is 0 Å². The van der Waals surface area contributed by atoms with E-state index in [-0.39, 0.29) is 0 Å². The minimum atomic E-state index is -1.02. The predicted molar refractivity (Wildman–Crippen MR) is 44.7 cm³/mol. The Bertz CT molecular complexity index is 238. The monoisotopic (exact) mass is 168 g/mol. The zero-order valence-corrected chi connectivity index (χ0v) is 6.51. The maximum atomic E-state index is 8.99. The molecule has 4 nitrogen and oxygen atoms in total.